The number of nitrogens with zero attached hydrogens (tertiary/aromatic N) is 1. The highest BCUT2D eigenvalue weighted by molar-refractivity contribution is 9.10. The van der Waals surface area contributed by atoms with Gasteiger partial charge in [-0.1, -0.05) is 5.92 Å². The summed E-state index contributed by atoms with van der Waals surface area (Å²) >= 11 is 4.32. The number of thioether (sulfide) groups is 1. The summed E-state index contributed by atoms with van der Waals surface area (Å²) in [6.45, 7) is 2.43. The van der Waals surface area contributed by atoms with Crippen LogP contribution in [0.15, 0.2) is 21.5 Å². The fraction of sp³-hybridized carbons (Fsp3) is 0.250. The van der Waals surface area contributed by atoms with Crippen LogP contribution in [-0.4, -0.2) is 36.3 Å². The van der Waals surface area contributed by atoms with Gasteiger partial charge in [-0.25, -0.2) is 0 Å². The number of ether oxygens (including phenoxy) is 2. The third-order valence-electron chi connectivity index (χ3n) is 2.92. The lowest BCUT2D eigenvalue weighted by Gasteiger charge is -2.13. The van der Waals surface area contributed by atoms with Crippen molar-refractivity contribution in [2.75, 3.05) is 20.3 Å². The Balaban J connectivity index is 2.39. The normalized spacial score (nSPS) is 15.9. The van der Waals surface area contributed by atoms with Gasteiger partial charge in [-0.3, -0.25) is 14.5 Å². The average Bonchev–Trinajstić information content (AvgIpc) is 2.74. The van der Waals surface area contributed by atoms with E-state index in [1.54, 1.807) is 18.2 Å². The topological polar surface area (TPSA) is 55.8 Å². The lowest BCUT2D eigenvalue weighted by Crippen LogP contribution is -2.22. The van der Waals surface area contributed by atoms with Gasteiger partial charge in [0.05, 0.1) is 16.0 Å². The number of hydrogen-bond donors (Lipinski definition) is 0. The number of halogens is 1. The molecular weight excluding hydrogens is 382 g/mol. The molecule has 1 saturated heterocycles. The largest absolute Gasteiger partial charge is 0.490 e. The van der Waals surface area contributed by atoms with E-state index >= 15 is 0 Å². The van der Waals surface area contributed by atoms with Crippen molar-refractivity contribution < 1.29 is 19.1 Å². The van der Waals surface area contributed by atoms with Crippen molar-refractivity contribution in [2.45, 2.75) is 6.92 Å². The minimum absolute atomic E-state index is 0.118. The van der Waals surface area contributed by atoms with E-state index in [0.29, 0.717) is 33.0 Å². The molecule has 1 heterocycles. The van der Waals surface area contributed by atoms with Crippen LogP contribution in [0.5, 0.6) is 11.5 Å². The van der Waals surface area contributed by atoms with Gasteiger partial charge in [0.25, 0.3) is 11.1 Å². The molecule has 1 aromatic rings. The lowest BCUT2D eigenvalue weighted by atomic mass is 10.2. The van der Waals surface area contributed by atoms with Crippen LogP contribution in [0, 0.1) is 12.3 Å². The number of imide groups is 1. The molecule has 0 N–H and O–H groups in total. The Morgan fingerprint density at radius 2 is 2.13 bits per heavy atom. The molecule has 0 unspecified atom stereocenters. The van der Waals surface area contributed by atoms with Crippen LogP contribution in [0.4, 0.5) is 4.79 Å². The van der Waals surface area contributed by atoms with Crippen LogP contribution in [0.3, 0.4) is 0 Å². The van der Waals surface area contributed by atoms with Crippen LogP contribution in [0.25, 0.3) is 6.08 Å². The van der Waals surface area contributed by atoms with Gasteiger partial charge in [-0.05, 0) is 58.4 Å². The summed E-state index contributed by atoms with van der Waals surface area (Å²) in [5.74, 6) is 3.10. The molecule has 23 heavy (non-hydrogen) atoms. The van der Waals surface area contributed by atoms with Crippen molar-refractivity contribution in [3.63, 3.8) is 0 Å². The molecule has 0 radical (unpaired) electrons. The van der Waals surface area contributed by atoms with Crippen LogP contribution in [-0.2, 0) is 4.79 Å². The highest BCUT2D eigenvalue weighted by Gasteiger charge is 2.31. The second-order valence-corrected chi connectivity index (χ2v) is 6.34. The third-order valence-corrected chi connectivity index (χ3v) is 4.47. The van der Waals surface area contributed by atoms with Crippen molar-refractivity contribution in [1.29, 1.82) is 0 Å². The van der Waals surface area contributed by atoms with Crippen molar-refractivity contribution in [2.24, 2.45) is 0 Å². The zero-order chi connectivity index (χ0) is 17.0. The molecule has 1 aliphatic heterocycles. The summed E-state index contributed by atoms with van der Waals surface area (Å²) in [7, 11) is 1.46. The molecule has 0 atom stereocenters. The van der Waals surface area contributed by atoms with E-state index in [2.05, 4.69) is 21.9 Å². The molecule has 1 aliphatic rings. The number of hydrogen-bond acceptors (Lipinski definition) is 5. The maximum Gasteiger partial charge on any atom is 0.293 e. The first-order chi connectivity index (χ1) is 11.0. The molecule has 0 spiro atoms. The van der Waals surface area contributed by atoms with Crippen molar-refractivity contribution >= 4 is 44.9 Å². The van der Waals surface area contributed by atoms with E-state index in [9.17, 15) is 9.59 Å². The summed E-state index contributed by atoms with van der Waals surface area (Å²) in [6.07, 6.45) is 6.86. The number of terminal acetylenes is 1. The Morgan fingerprint density at radius 1 is 1.39 bits per heavy atom. The van der Waals surface area contributed by atoms with Crippen LogP contribution in [0.1, 0.15) is 12.5 Å². The van der Waals surface area contributed by atoms with E-state index in [1.807, 2.05) is 6.92 Å². The molecule has 0 bridgehead atoms. The standard InChI is InChI=1S/C16H14BrNO4S/c1-4-6-22-14-11(17)7-10(8-12(14)21-5-2)9-13-15(19)18(3)16(20)23-13/h1,7-9H,5-6H2,2-3H3/b13-9+. The van der Waals surface area contributed by atoms with E-state index in [1.165, 1.54) is 7.05 Å². The Hall–Kier alpha value is -1.91. The lowest BCUT2D eigenvalue weighted by molar-refractivity contribution is -0.121. The van der Waals surface area contributed by atoms with Crippen molar-refractivity contribution in [3.8, 4) is 23.8 Å². The second kappa shape index (κ2) is 7.57. The van der Waals surface area contributed by atoms with E-state index < -0.39 is 0 Å². The number of carbonyl (C=O) groups excluding carboxylic acids is 2. The zero-order valence-electron chi connectivity index (χ0n) is 12.6. The molecule has 7 heteroatoms. The molecule has 2 amide bonds. The number of benzene rings is 1. The van der Waals surface area contributed by atoms with Gasteiger partial charge in [0.15, 0.2) is 11.5 Å². The molecule has 120 valence electrons. The third kappa shape index (κ3) is 3.89. The second-order valence-electron chi connectivity index (χ2n) is 4.50. The molecule has 0 saturated carbocycles. The molecule has 5 nitrogen and oxygen atoms in total. The molecule has 1 fully saturated rings. The number of rotatable bonds is 5. The summed E-state index contributed by atoms with van der Waals surface area (Å²) in [5.41, 5.74) is 0.715. The molecule has 0 aliphatic carbocycles. The van der Waals surface area contributed by atoms with Gasteiger partial charge in [-0.2, -0.15) is 0 Å². The zero-order valence-corrected chi connectivity index (χ0v) is 15.0. The minimum atomic E-state index is -0.318. The Kier molecular flexibility index (Phi) is 5.74. The predicted octanol–water partition coefficient (Wildman–Crippen LogP) is 3.53. The Bertz CT molecular complexity index is 724. The molecule has 0 aromatic heterocycles. The summed E-state index contributed by atoms with van der Waals surface area (Å²) in [4.78, 5) is 24.9. The van der Waals surface area contributed by atoms with E-state index in [4.69, 9.17) is 15.9 Å². The van der Waals surface area contributed by atoms with Gasteiger partial charge in [-0.15, -0.1) is 6.42 Å². The van der Waals surface area contributed by atoms with Gasteiger partial charge in [0.2, 0.25) is 0 Å². The first-order valence-electron chi connectivity index (χ1n) is 6.72. The van der Waals surface area contributed by atoms with E-state index in [-0.39, 0.29) is 17.8 Å². The maximum atomic E-state index is 12.0. The Morgan fingerprint density at radius 3 is 2.70 bits per heavy atom. The summed E-state index contributed by atoms with van der Waals surface area (Å²) in [5, 5.41) is -0.292. The fourth-order valence-corrected chi connectivity index (χ4v) is 3.29. The molecule has 1 aromatic carbocycles. The number of amides is 2. The van der Waals surface area contributed by atoms with Gasteiger partial charge < -0.3 is 9.47 Å². The van der Waals surface area contributed by atoms with Crippen molar-refractivity contribution in [3.05, 3.63) is 27.1 Å². The van der Waals surface area contributed by atoms with Gasteiger partial charge in [0.1, 0.15) is 6.61 Å². The number of carbonyl (C=O) groups is 2. The predicted molar refractivity (Wildman–Crippen MR) is 93.4 cm³/mol. The van der Waals surface area contributed by atoms with Crippen LogP contribution >= 0.6 is 27.7 Å². The van der Waals surface area contributed by atoms with Crippen LogP contribution in [0.2, 0.25) is 0 Å². The fourth-order valence-electron chi connectivity index (χ4n) is 1.89. The summed E-state index contributed by atoms with van der Waals surface area (Å²) < 4.78 is 11.7. The molecular formula is C16H14BrNO4S. The highest BCUT2D eigenvalue weighted by Crippen LogP contribution is 2.39. The first kappa shape index (κ1) is 17.4. The van der Waals surface area contributed by atoms with Crippen LogP contribution < -0.4 is 9.47 Å². The highest BCUT2D eigenvalue weighted by atomic mass is 79.9. The maximum absolute atomic E-state index is 12.0. The van der Waals surface area contributed by atoms with Crippen molar-refractivity contribution in [1.82, 2.24) is 4.90 Å². The van der Waals surface area contributed by atoms with E-state index in [0.717, 1.165) is 16.7 Å². The monoisotopic (exact) mass is 395 g/mol. The average molecular weight is 396 g/mol. The molecule has 2 rings (SSSR count). The quantitative estimate of drug-likeness (QED) is 0.563. The smallest absolute Gasteiger partial charge is 0.293 e. The number of likely N-dealkylation sites (N-methyl/N-ethyl adjacent to an activating group) is 1. The minimum Gasteiger partial charge on any atom is -0.490 e. The first-order valence-corrected chi connectivity index (χ1v) is 8.33. The summed E-state index contributed by atoms with van der Waals surface area (Å²) in [6, 6.07) is 3.52. The SMILES string of the molecule is C#CCOc1c(Br)cc(/C=C2/SC(=O)N(C)C2=O)cc1OCC. The Labute approximate surface area is 147 Å². The van der Waals surface area contributed by atoms with Gasteiger partial charge >= 0.3 is 0 Å². The van der Waals surface area contributed by atoms with Gasteiger partial charge in [0, 0.05) is 7.05 Å².